The number of carboxylic acids is 1. The summed E-state index contributed by atoms with van der Waals surface area (Å²) in [4.78, 5) is 103. The SMILES string of the molecule is CC[C@H](C)[C@H](NC(=O)[C@H](CCCCN)NC(=O)[C@H](CC(C)C)NC(=O)[C@H](CC(C)C)NC(=O)CNC(=O)[C@@H](N)CC(N)=O)C(=O)N[C@@H](CCCCN)C(=O)O. The number of aliphatic carboxylic acids is 1. The molecule has 7 amide bonds. The molecular weight excluding hydrogens is 716 g/mol. The third-order valence-corrected chi connectivity index (χ3v) is 8.81. The number of primary amides is 1. The van der Waals surface area contributed by atoms with Crippen molar-refractivity contribution in [2.75, 3.05) is 19.6 Å². The van der Waals surface area contributed by atoms with Crippen LogP contribution in [-0.4, -0.2) is 108 Å². The molecule has 0 heterocycles. The van der Waals surface area contributed by atoms with Gasteiger partial charge >= 0.3 is 5.97 Å². The first-order chi connectivity index (χ1) is 25.8. The van der Waals surface area contributed by atoms with E-state index in [1.54, 1.807) is 6.92 Å². The molecule has 0 spiro atoms. The topological polar surface area (TPSA) is 333 Å². The Bertz CT molecular complexity index is 1270. The molecule has 0 aliphatic rings. The van der Waals surface area contributed by atoms with E-state index < -0.39 is 102 Å². The Morgan fingerprint density at radius 1 is 0.600 bits per heavy atom. The van der Waals surface area contributed by atoms with Crippen LogP contribution in [0.4, 0.5) is 0 Å². The highest BCUT2D eigenvalue weighted by molar-refractivity contribution is 5.96. The van der Waals surface area contributed by atoms with Crippen LogP contribution < -0.4 is 54.8 Å². The fraction of sp³-hybridized carbons (Fsp3) is 0.778. The lowest BCUT2D eigenvalue weighted by Crippen LogP contribution is -2.60. The molecule has 55 heavy (non-hydrogen) atoms. The van der Waals surface area contributed by atoms with Gasteiger partial charge < -0.3 is 59.9 Å². The van der Waals surface area contributed by atoms with E-state index in [9.17, 15) is 43.5 Å². The lowest BCUT2D eigenvalue weighted by molar-refractivity contribution is -0.143. The predicted molar refractivity (Wildman–Crippen MR) is 206 cm³/mol. The van der Waals surface area contributed by atoms with Crippen LogP contribution in [-0.2, 0) is 38.4 Å². The summed E-state index contributed by atoms with van der Waals surface area (Å²) in [5, 5.41) is 25.3. The summed E-state index contributed by atoms with van der Waals surface area (Å²) in [7, 11) is 0. The van der Waals surface area contributed by atoms with E-state index in [1.807, 2.05) is 34.6 Å². The smallest absolute Gasteiger partial charge is 0.326 e. The summed E-state index contributed by atoms with van der Waals surface area (Å²) in [6.45, 7) is 11.1. The van der Waals surface area contributed by atoms with Gasteiger partial charge in [0.25, 0.3) is 0 Å². The second-order valence-corrected chi connectivity index (χ2v) is 14.8. The predicted octanol–water partition coefficient (Wildman–Crippen LogP) is -1.79. The number of rotatable bonds is 29. The Hall–Kier alpha value is -4.36. The van der Waals surface area contributed by atoms with Crippen LogP contribution in [0.15, 0.2) is 0 Å². The van der Waals surface area contributed by atoms with Crippen LogP contribution in [0.3, 0.4) is 0 Å². The maximum atomic E-state index is 13.8. The van der Waals surface area contributed by atoms with Crippen molar-refractivity contribution in [3.63, 3.8) is 0 Å². The van der Waals surface area contributed by atoms with Crippen LogP contribution in [0.5, 0.6) is 0 Å². The van der Waals surface area contributed by atoms with Gasteiger partial charge in [-0.25, -0.2) is 4.79 Å². The molecule has 0 bridgehead atoms. The second kappa shape index (κ2) is 27.3. The van der Waals surface area contributed by atoms with Gasteiger partial charge in [0, 0.05) is 0 Å². The number of amides is 7. The zero-order chi connectivity index (χ0) is 42.2. The highest BCUT2D eigenvalue weighted by Gasteiger charge is 2.34. The number of hydrogen-bond donors (Lipinski definition) is 11. The molecule has 0 saturated heterocycles. The Balaban J connectivity index is 6.12. The standard InChI is InChI=1S/C36H68N10O9/c1-7-22(6)30(35(53)44-25(36(54)55)13-9-11-15-38)46-32(50)24(12-8-10-14-37)43-34(52)27(17-21(4)5)45-33(51)26(16-20(2)3)42-29(48)19-41-31(49)23(39)18-28(40)47/h20-27,30H,7-19,37-39H2,1-6H3,(H2,40,47)(H,41,49)(H,42,48)(H,43,52)(H,44,53)(H,45,51)(H,46,50)(H,54,55)/t22-,23-,24-,25-,26-,27-,30-/m0/s1. The molecule has 0 rings (SSSR count). The fourth-order valence-electron chi connectivity index (χ4n) is 5.53. The van der Waals surface area contributed by atoms with E-state index in [4.69, 9.17) is 22.9 Å². The van der Waals surface area contributed by atoms with E-state index in [2.05, 4.69) is 31.9 Å². The molecule has 0 aliphatic carbocycles. The molecule has 0 aromatic carbocycles. The first-order valence-electron chi connectivity index (χ1n) is 19.2. The molecule has 0 aliphatic heterocycles. The lowest BCUT2D eigenvalue weighted by atomic mass is 9.96. The highest BCUT2D eigenvalue weighted by Crippen LogP contribution is 2.13. The van der Waals surface area contributed by atoms with Gasteiger partial charge in [0.05, 0.1) is 19.0 Å². The molecule has 316 valence electrons. The first-order valence-corrected chi connectivity index (χ1v) is 19.2. The van der Waals surface area contributed by atoms with Crippen LogP contribution in [0.2, 0.25) is 0 Å². The average molecular weight is 785 g/mol. The quantitative estimate of drug-likeness (QED) is 0.0375. The van der Waals surface area contributed by atoms with Gasteiger partial charge in [-0.1, -0.05) is 48.0 Å². The molecule has 0 fully saturated rings. The van der Waals surface area contributed by atoms with Crippen LogP contribution in [0.25, 0.3) is 0 Å². The summed E-state index contributed by atoms with van der Waals surface area (Å²) in [6, 6.07) is -6.92. The minimum Gasteiger partial charge on any atom is -0.480 e. The largest absolute Gasteiger partial charge is 0.480 e. The van der Waals surface area contributed by atoms with Crippen LogP contribution in [0, 0.1) is 17.8 Å². The van der Waals surface area contributed by atoms with E-state index in [0.29, 0.717) is 45.2 Å². The van der Waals surface area contributed by atoms with E-state index >= 15 is 0 Å². The monoisotopic (exact) mass is 785 g/mol. The molecule has 19 heteroatoms. The first kappa shape index (κ1) is 50.6. The number of carboxylic acid groups (broad SMARTS) is 1. The fourth-order valence-corrected chi connectivity index (χ4v) is 5.53. The molecule has 7 atom stereocenters. The van der Waals surface area contributed by atoms with Crippen LogP contribution in [0.1, 0.15) is 106 Å². The minimum atomic E-state index is -1.25. The van der Waals surface area contributed by atoms with Gasteiger partial charge in [-0.05, 0) is 82.2 Å². The number of hydrogen-bond acceptors (Lipinski definition) is 11. The number of unbranched alkanes of at least 4 members (excludes halogenated alkanes) is 2. The molecule has 0 saturated carbocycles. The van der Waals surface area contributed by atoms with Crippen molar-refractivity contribution in [2.45, 2.75) is 142 Å². The zero-order valence-electron chi connectivity index (χ0n) is 33.4. The van der Waals surface area contributed by atoms with Crippen molar-refractivity contribution < 1.29 is 43.5 Å². The van der Waals surface area contributed by atoms with Crippen molar-refractivity contribution >= 4 is 47.3 Å². The van der Waals surface area contributed by atoms with Crippen molar-refractivity contribution in [2.24, 2.45) is 40.7 Å². The molecule has 0 aromatic rings. The number of carbonyl (C=O) groups is 8. The van der Waals surface area contributed by atoms with Crippen molar-refractivity contribution in [1.29, 1.82) is 0 Å². The third kappa shape index (κ3) is 21.4. The average Bonchev–Trinajstić information content (AvgIpc) is 3.10. The normalized spacial score (nSPS) is 15.0. The summed E-state index contributed by atoms with van der Waals surface area (Å²) < 4.78 is 0. The van der Waals surface area contributed by atoms with Crippen molar-refractivity contribution in [3.8, 4) is 0 Å². The van der Waals surface area contributed by atoms with Gasteiger partial charge in [-0.15, -0.1) is 0 Å². The second-order valence-electron chi connectivity index (χ2n) is 14.8. The molecule has 0 aromatic heterocycles. The number of nitrogens with one attached hydrogen (secondary N) is 6. The summed E-state index contributed by atoms with van der Waals surface area (Å²) in [5.74, 6) is -6.75. The van der Waals surface area contributed by atoms with Gasteiger partial charge in [-0.3, -0.25) is 33.6 Å². The Morgan fingerprint density at radius 2 is 1.05 bits per heavy atom. The number of carbonyl (C=O) groups excluding carboxylic acids is 7. The summed E-state index contributed by atoms with van der Waals surface area (Å²) in [5.41, 5.74) is 21.9. The maximum Gasteiger partial charge on any atom is 0.326 e. The van der Waals surface area contributed by atoms with Gasteiger partial charge in [0.2, 0.25) is 41.4 Å². The molecular formula is C36H68N10O9. The van der Waals surface area contributed by atoms with E-state index in [0.717, 1.165) is 0 Å². The molecule has 15 N–H and O–H groups in total. The van der Waals surface area contributed by atoms with Gasteiger partial charge in [-0.2, -0.15) is 0 Å². The van der Waals surface area contributed by atoms with Crippen molar-refractivity contribution in [3.05, 3.63) is 0 Å². The Labute approximate surface area is 324 Å². The van der Waals surface area contributed by atoms with E-state index in [1.165, 1.54) is 0 Å². The third-order valence-electron chi connectivity index (χ3n) is 8.81. The van der Waals surface area contributed by atoms with Gasteiger partial charge in [0.15, 0.2) is 0 Å². The molecule has 0 unspecified atom stereocenters. The molecule has 0 radical (unpaired) electrons. The molecule has 19 nitrogen and oxygen atoms in total. The Morgan fingerprint density at radius 3 is 1.51 bits per heavy atom. The summed E-state index contributed by atoms with van der Waals surface area (Å²) >= 11 is 0. The van der Waals surface area contributed by atoms with E-state index in [-0.39, 0.29) is 37.5 Å². The highest BCUT2D eigenvalue weighted by atomic mass is 16.4. The lowest BCUT2D eigenvalue weighted by Gasteiger charge is -2.29. The number of nitrogens with two attached hydrogens (primary N) is 4. The maximum absolute atomic E-state index is 13.8. The van der Waals surface area contributed by atoms with Crippen molar-refractivity contribution in [1.82, 2.24) is 31.9 Å². The Kier molecular flexibility index (Phi) is 25.1. The minimum absolute atomic E-state index is 0.0741. The zero-order valence-corrected chi connectivity index (χ0v) is 33.4. The summed E-state index contributed by atoms with van der Waals surface area (Å²) in [6.07, 6.45) is 2.77. The van der Waals surface area contributed by atoms with Crippen LogP contribution >= 0.6 is 0 Å². The van der Waals surface area contributed by atoms with Gasteiger partial charge in [0.1, 0.15) is 30.2 Å².